The van der Waals surface area contributed by atoms with Crippen LogP contribution in [0.3, 0.4) is 0 Å². The highest BCUT2D eigenvalue weighted by atomic mass is 35.7. The molecule has 0 aromatic carbocycles. The molecule has 0 aromatic rings. The topological polar surface area (TPSA) is 95.2 Å². The van der Waals surface area contributed by atoms with E-state index in [4.69, 9.17) is 18.6 Å². The second-order valence-corrected chi connectivity index (χ2v) is 5.90. The van der Waals surface area contributed by atoms with Gasteiger partial charge in [0.25, 0.3) is 0 Å². The summed E-state index contributed by atoms with van der Waals surface area (Å²) < 4.78 is 36.7. The van der Waals surface area contributed by atoms with E-state index >= 15 is 0 Å². The van der Waals surface area contributed by atoms with E-state index in [-0.39, 0.29) is 0 Å². The predicted molar refractivity (Wildman–Crippen MR) is 49.7 cm³/mol. The maximum Gasteiger partial charge on any atom is 0.155 e. The molecule has 1 saturated heterocycles. The molecule has 2 saturated carbocycles. The van der Waals surface area contributed by atoms with Crippen molar-refractivity contribution < 1.29 is 33.5 Å². The zero-order chi connectivity index (χ0) is 12.5. The molecule has 3 rings (SSSR count). The molecule has 2 aliphatic carbocycles. The minimum Gasteiger partial charge on any atom is -0.237 e. The van der Waals surface area contributed by atoms with E-state index < -0.39 is 10.2 Å². The van der Waals surface area contributed by atoms with E-state index in [1.165, 1.54) is 51.6 Å². The van der Waals surface area contributed by atoms with Crippen LogP contribution in [-0.2, 0) is 0 Å². The fourth-order valence-corrected chi connectivity index (χ4v) is 3.42. The Kier molecular flexibility index (Phi) is 4.05. The van der Waals surface area contributed by atoms with Crippen molar-refractivity contribution in [2.24, 2.45) is 11.8 Å². The summed E-state index contributed by atoms with van der Waals surface area (Å²) in [4.78, 5) is 0. The number of hydrogen-bond donors (Lipinski definition) is 0. The number of nitrogens with zero attached hydrogens (tertiary/aromatic N) is 1. The molecule has 5 nitrogen and oxygen atoms in total. The van der Waals surface area contributed by atoms with Crippen molar-refractivity contribution >= 4 is 5.71 Å². The van der Waals surface area contributed by atoms with Gasteiger partial charge in [0.1, 0.15) is 13.1 Å². The minimum absolute atomic E-state index is 1.02. The summed E-state index contributed by atoms with van der Waals surface area (Å²) >= 11 is 0. The average Bonchev–Trinajstić information content (AvgIpc) is 2.92. The molecule has 3 aliphatic rings. The summed E-state index contributed by atoms with van der Waals surface area (Å²) in [5, 5.41) is 0. The van der Waals surface area contributed by atoms with Gasteiger partial charge in [-0.05, 0) is 25.2 Å². The lowest BCUT2D eigenvalue weighted by Crippen LogP contribution is -2.68. The Hall–Kier alpha value is -0.200. The summed E-state index contributed by atoms with van der Waals surface area (Å²) in [6.07, 6.45) is 8.93. The molecular formula is C11H18ClNO4. The zero-order valence-corrected chi connectivity index (χ0v) is 10.5. The van der Waals surface area contributed by atoms with Gasteiger partial charge in [0.05, 0.1) is 0 Å². The lowest BCUT2D eigenvalue weighted by molar-refractivity contribution is -2.00. The molecule has 0 spiro atoms. The van der Waals surface area contributed by atoms with Crippen LogP contribution < -0.4 is 18.6 Å². The van der Waals surface area contributed by atoms with Crippen LogP contribution in [0.25, 0.3) is 0 Å². The molecule has 6 heteroatoms. The van der Waals surface area contributed by atoms with Gasteiger partial charge in [0, 0.05) is 25.2 Å². The average molecular weight is 264 g/mol. The van der Waals surface area contributed by atoms with E-state index in [0.717, 1.165) is 11.8 Å². The molecule has 2 unspecified atom stereocenters. The van der Waals surface area contributed by atoms with Gasteiger partial charge in [0.2, 0.25) is 0 Å². The maximum absolute atomic E-state index is 8.49. The zero-order valence-electron chi connectivity index (χ0n) is 9.77. The van der Waals surface area contributed by atoms with Crippen LogP contribution in [0.15, 0.2) is 0 Å². The Bertz CT molecular complexity index is 299. The Morgan fingerprint density at radius 2 is 1.59 bits per heavy atom. The second-order valence-electron chi connectivity index (χ2n) is 5.14. The van der Waals surface area contributed by atoms with Crippen molar-refractivity contribution in [3.8, 4) is 0 Å². The molecule has 0 radical (unpaired) electrons. The summed E-state index contributed by atoms with van der Waals surface area (Å²) in [6, 6.07) is 0. The van der Waals surface area contributed by atoms with Crippen LogP contribution in [0.4, 0.5) is 0 Å². The van der Waals surface area contributed by atoms with Crippen LogP contribution in [-0.4, -0.2) is 23.4 Å². The maximum atomic E-state index is 8.49. The van der Waals surface area contributed by atoms with Crippen LogP contribution in [0.2, 0.25) is 0 Å². The van der Waals surface area contributed by atoms with Gasteiger partial charge in [-0.3, -0.25) is 0 Å². The van der Waals surface area contributed by atoms with Gasteiger partial charge < -0.3 is 0 Å². The molecular weight excluding hydrogens is 246 g/mol. The van der Waals surface area contributed by atoms with E-state index in [1.807, 2.05) is 5.71 Å². The van der Waals surface area contributed by atoms with Gasteiger partial charge in [-0.1, -0.05) is 0 Å². The SMILES string of the molecule is C1CC[N+](=C2CC3CCC2C3)C1.[O-][Cl+3]([O-])([O-])[O-]. The standard InChI is InChI=1S/C11H18N.ClHO4/c1-2-6-12(5-1)11-8-9-3-4-10(11)7-9;2-1(3,4)5/h9-10H,1-8H2;(H,2,3,4,5)/q+1;/p-1. The lowest BCUT2D eigenvalue weighted by atomic mass is 9.98. The van der Waals surface area contributed by atoms with E-state index in [1.54, 1.807) is 0 Å². The van der Waals surface area contributed by atoms with Gasteiger partial charge in [-0.2, -0.15) is 0 Å². The van der Waals surface area contributed by atoms with Crippen molar-refractivity contribution in [3.63, 3.8) is 0 Å². The van der Waals surface area contributed by atoms with Gasteiger partial charge in [-0.15, -0.1) is 10.2 Å². The summed E-state index contributed by atoms with van der Waals surface area (Å²) in [7, 11) is -4.94. The van der Waals surface area contributed by atoms with E-state index in [9.17, 15) is 0 Å². The quantitative estimate of drug-likeness (QED) is 0.444. The first-order valence-electron chi connectivity index (χ1n) is 6.16. The molecule has 2 bridgehead atoms. The first-order valence-corrected chi connectivity index (χ1v) is 7.39. The van der Waals surface area contributed by atoms with Crippen molar-refractivity contribution in [1.82, 2.24) is 0 Å². The third-order valence-corrected chi connectivity index (χ3v) is 4.02. The fraction of sp³-hybridized carbons (Fsp3) is 0.909. The van der Waals surface area contributed by atoms with Crippen LogP contribution in [0.5, 0.6) is 0 Å². The Morgan fingerprint density at radius 3 is 2.00 bits per heavy atom. The third kappa shape index (κ3) is 3.89. The highest BCUT2D eigenvalue weighted by Gasteiger charge is 2.42. The second kappa shape index (κ2) is 5.20. The largest absolute Gasteiger partial charge is 0.237 e. The highest BCUT2D eigenvalue weighted by Crippen LogP contribution is 2.42. The van der Waals surface area contributed by atoms with E-state index in [0.29, 0.717) is 0 Å². The molecule has 98 valence electrons. The van der Waals surface area contributed by atoms with Crippen molar-refractivity contribution in [1.29, 1.82) is 0 Å². The Balaban J connectivity index is 0.000000188. The van der Waals surface area contributed by atoms with Gasteiger partial charge in [-0.25, -0.2) is 23.2 Å². The smallest absolute Gasteiger partial charge is 0.155 e. The molecule has 1 heterocycles. The molecule has 3 fully saturated rings. The van der Waals surface area contributed by atoms with Crippen LogP contribution in [0.1, 0.15) is 38.5 Å². The molecule has 2 atom stereocenters. The van der Waals surface area contributed by atoms with Crippen molar-refractivity contribution in [3.05, 3.63) is 0 Å². The Labute approximate surface area is 103 Å². The molecule has 1 aliphatic heterocycles. The van der Waals surface area contributed by atoms with Gasteiger partial charge in [0.15, 0.2) is 5.71 Å². The number of halogens is 1. The minimum atomic E-state index is -4.94. The fourth-order valence-electron chi connectivity index (χ4n) is 3.42. The first-order chi connectivity index (χ1) is 7.93. The number of rotatable bonds is 0. The summed E-state index contributed by atoms with van der Waals surface area (Å²) in [5.41, 5.74) is 1.85. The van der Waals surface area contributed by atoms with Crippen LogP contribution in [0, 0.1) is 22.1 Å². The first kappa shape index (κ1) is 13.2. The summed E-state index contributed by atoms with van der Waals surface area (Å²) in [6.45, 7) is 2.75. The van der Waals surface area contributed by atoms with Crippen LogP contribution >= 0.6 is 0 Å². The lowest BCUT2D eigenvalue weighted by Gasteiger charge is -2.17. The Morgan fingerprint density at radius 1 is 1.00 bits per heavy atom. The predicted octanol–water partition coefficient (Wildman–Crippen LogP) is -2.70. The van der Waals surface area contributed by atoms with E-state index in [2.05, 4.69) is 4.58 Å². The third-order valence-electron chi connectivity index (χ3n) is 4.02. The molecule has 0 aromatic heterocycles. The van der Waals surface area contributed by atoms with Crippen molar-refractivity contribution in [2.75, 3.05) is 13.1 Å². The normalized spacial score (nSPS) is 31.8. The molecule has 17 heavy (non-hydrogen) atoms. The molecule has 0 amide bonds. The molecule has 0 N–H and O–H groups in total. The van der Waals surface area contributed by atoms with Gasteiger partial charge >= 0.3 is 0 Å². The highest BCUT2D eigenvalue weighted by molar-refractivity contribution is 5.85. The van der Waals surface area contributed by atoms with Crippen molar-refractivity contribution in [2.45, 2.75) is 38.5 Å². The number of hydrogen-bond acceptors (Lipinski definition) is 4. The number of fused-ring (bicyclic) bond motifs is 2. The monoisotopic (exact) mass is 263 g/mol. The summed E-state index contributed by atoms with van der Waals surface area (Å²) in [5.74, 6) is 2.11.